The Balaban J connectivity index is 2.15. The maximum Gasteiger partial charge on any atom is 0.253 e. The quantitative estimate of drug-likeness (QED) is 0.722. The molecule has 0 spiro atoms. The lowest BCUT2D eigenvalue weighted by Crippen LogP contribution is -2.27. The van der Waals surface area contributed by atoms with E-state index in [2.05, 4.69) is 0 Å². The highest BCUT2D eigenvalue weighted by Gasteiger charge is 2.19. The first-order valence-corrected chi connectivity index (χ1v) is 5.63. The highest BCUT2D eigenvalue weighted by Crippen LogP contribution is 2.14. The van der Waals surface area contributed by atoms with Gasteiger partial charge in [-0.1, -0.05) is 12.1 Å². The Hall–Kier alpha value is -1.64. The van der Waals surface area contributed by atoms with E-state index in [0.29, 0.717) is 12.0 Å². The third-order valence-corrected chi connectivity index (χ3v) is 2.89. The first-order chi connectivity index (χ1) is 7.81. The van der Waals surface area contributed by atoms with Gasteiger partial charge < -0.3 is 9.69 Å². The van der Waals surface area contributed by atoms with Crippen LogP contribution in [0.4, 0.5) is 0 Å². The van der Waals surface area contributed by atoms with Gasteiger partial charge in [0.1, 0.15) is 6.29 Å². The molecule has 1 aromatic carbocycles. The van der Waals surface area contributed by atoms with Crippen molar-refractivity contribution in [1.29, 1.82) is 0 Å². The van der Waals surface area contributed by atoms with Crippen molar-refractivity contribution in [2.45, 2.75) is 19.3 Å². The van der Waals surface area contributed by atoms with Crippen molar-refractivity contribution in [2.24, 2.45) is 0 Å². The molecule has 0 radical (unpaired) electrons. The smallest absolute Gasteiger partial charge is 0.253 e. The summed E-state index contributed by atoms with van der Waals surface area (Å²) in [5, 5.41) is 0. The second kappa shape index (κ2) is 4.92. The first kappa shape index (κ1) is 10.9. The zero-order valence-corrected chi connectivity index (χ0v) is 9.19. The normalized spacial score (nSPS) is 15.1. The molecule has 1 saturated heterocycles. The molecule has 3 heteroatoms. The molecule has 2 rings (SSSR count). The van der Waals surface area contributed by atoms with Crippen molar-refractivity contribution in [3.8, 4) is 0 Å². The summed E-state index contributed by atoms with van der Waals surface area (Å²) in [4.78, 5) is 24.3. The lowest BCUT2D eigenvalue weighted by molar-refractivity contribution is -0.107. The molecule has 0 N–H and O–H groups in total. The maximum absolute atomic E-state index is 12.0. The van der Waals surface area contributed by atoms with E-state index in [1.807, 2.05) is 29.2 Å². The number of carbonyl (C=O) groups excluding carboxylic acids is 2. The van der Waals surface area contributed by atoms with Gasteiger partial charge in [-0.3, -0.25) is 4.79 Å². The number of amides is 1. The third kappa shape index (κ3) is 2.30. The molecule has 1 aromatic rings. The Morgan fingerprint density at radius 2 is 2.06 bits per heavy atom. The average molecular weight is 217 g/mol. The van der Waals surface area contributed by atoms with E-state index in [-0.39, 0.29) is 5.91 Å². The number of likely N-dealkylation sites (tertiary alicyclic amines) is 1. The van der Waals surface area contributed by atoms with Crippen LogP contribution in [0.25, 0.3) is 0 Å². The maximum atomic E-state index is 12.0. The van der Waals surface area contributed by atoms with Crippen LogP contribution in [-0.4, -0.2) is 30.2 Å². The minimum Gasteiger partial charge on any atom is -0.339 e. The summed E-state index contributed by atoms with van der Waals surface area (Å²) in [6.45, 7) is 1.72. The summed E-state index contributed by atoms with van der Waals surface area (Å²) < 4.78 is 0. The van der Waals surface area contributed by atoms with E-state index in [1.54, 1.807) is 0 Å². The van der Waals surface area contributed by atoms with Crippen molar-refractivity contribution in [1.82, 2.24) is 4.90 Å². The molecule has 3 nitrogen and oxygen atoms in total. The Morgan fingerprint density at radius 3 is 2.75 bits per heavy atom. The summed E-state index contributed by atoms with van der Waals surface area (Å²) >= 11 is 0. The predicted octanol–water partition coefficient (Wildman–Crippen LogP) is 1.66. The van der Waals surface area contributed by atoms with Gasteiger partial charge in [0, 0.05) is 25.1 Å². The van der Waals surface area contributed by atoms with Crippen LogP contribution in [0.2, 0.25) is 0 Å². The molecule has 0 bridgehead atoms. The minimum absolute atomic E-state index is 0.0882. The van der Waals surface area contributed by atoms with Gasteiger partial charge in [0.2, 0.25) is 0 Å². The summed E-state index contributed by atoms with van der Waals surface area (Å²) in [5.74, 6) is 0.0882. The average Bonchev–Trinajstić information content (AvgIpc) is 2.82. The third-order valence-electron chi connectivity index (χ3n) is 2.89. The van der Waals surface area contributed by atoms with Crippen LogP contribution in [0, 0.1) is 0 Å². The van der Waals surface area contributed by atoms with Crippen molar-refractivity contribution in [2.75, 3.05) is 13.1 Å². The van der Waals surface area contributed by atoms with E-state index < -0.39 is 0 Å². The second-order valence-electron chi connectivity index (χ2n) is 4.07. The number of benzene rings is 1. The summed E-state index contributed by atoms with van der Waals surface area (Å²) in [7, 11) is 0. The van der Waals surface area contributed by atoms with Gasteiger partial charge in [0.15, 0.2) is 0 Å². The van der Waals surface area contributed by atoms with Crippen LogP contribution in [0.1, 0.15) is 28.8 Å². The van der Waals surface area contributed by atoms with E-state index >= 15 is 0 Å². The molecule has 16 heavy (non-hydrogen) atoms. The van der Waals surface area contributed by atoms with E-state index in [1.165, 1.54) is 0 Å². The first-order valence-electron chi connectivity index (χ1n) is 5.63. The Labute approximate surface area is 95.1 Å². The summed E-state index contributed by atoms with van der Waals surface area (Å²) in [6.07, 6.45) is 3.43. The molecule has 0 unspecified atom stereocenters. The molecule has 1 fully saturated rings. The number of hydrogen-bond donors (Lipinski definition) is 0. The van der Waals surface area contributed by atoms with Gasteiger partial charge >= 0.3 is 0 Å². The van der Waals surface area contributed by atoms with Crippen LogP contribution in [0.5, 0.6) is 0 Å². The summed E-state index contributed by atoms with van der Waals surface area (Å²) in [6, 6.07) is 7.33. The lowest BCUT2D eigenvalue weighted by atomic mass is 10.1. The number of hydrogen-bond acceptors (Lipinski definition) is 2. The van der Waals surface area contributed by atoms with E-state index in [4.69, 9.17) is 0 Å². The Morgan fingerprint density at radius 1 is 1.31 bits per heavy atom. The largest absolute Gasteiger partial charge is 0.339 e. The van der Waals surface area contributed by atoms with Gasteiger partial charge in [-0.05, 0) is 30.5 Å². The van der Waals surface area contributed by atoms with Crippen LogP contribution in [-0.2, 0) is 11.2 Å². The summed E-state index contributed by atoms with van der Waals surface area (Å²) in [5.41, 5.74) is 1.60. The zero-order valence-electron chi connectivity index (χ0n) is 9.19. The topological polar surface area (TPSA) is 37.4 Å². The molecule has 1 aliphatic rings. The number of aldehydes is 1. The molecule has 0 aromatic heterocycles. The van der Waals surface area contributed by atoms with Gasteiger partial charge in [-0.15, -0.1) is 0 Å². The number of nitrogens with zero attached hydrogens (tertiary/aromatic N) is 1. The van der Waals surface area contributed by atoms with Gasteiger partial charge in [0.25, 0.3) is 5.91 Å². The monoisotopic (exact) mass is 217 g/mol. The van der Waals surface area contributed by atoms with Gasteiger partial charge in [-0.2, -0.15) is 0 Å². The van der Waals surface area contributed by atoms with Crippen LogP contribution in [0.3, 0.4) is 0 Å². The van der Waals surface area contributed by atoms with Crippen molar-refractivity contribution < 1.29 is 9.59 Å². The SMILES string of the molecule is O=CCc1cccc(C(=O)N2CCCC2)c1. The van der Waals surface area contributed by atoms with Gasteiger partial charge in [0.05, 0.1) is 0 Å². The van der Waals surface area contributed by atoms with E-state index in [9.17, 15) is 9.59 Å². The Kier molecular flexibility index (Phi) is 3.34. The molecule has 0 atom stereocenters. The lowest BCUT2D eigenvalue weighted by Gasteiger charge is -2.15. The molecule has 0 aliphatic carbocycles. The fraction of sp³-hybridized carbons (Fsp3) is 0.385. The number of rotatable bonds is 3. The highest BCUT2D eigenvalue weighted by molar-refractivity contribution is 5.94. The second-order valence-corrected chi connectivity index (χ2v) is 4.07. The molecule has 1 amide bonds. The predicted molar refractivity (Wildman–Crippen MR) is 61.3 cm³/mol. The fourth-order valence-corrected chi connectivity index (χ4v) is 2.03. The molecule has 84 valence electrons. The molecule has 0 saturated carbocycles. The molecular formula is C13H15NO2. The Bertz CT molecular complexity index is 395. The standard InChI is InChI=1S/C13H15NO2/c15-9-6-11-4-3-5-12(10-11)13(16)14-7-1-2-8-14/h3-5,9-10H,1-2,6-8H2. The molecular weight excluding hydrogens is 202 g/mol. The van der Waals surface area contributed by atoms with Crippen LogP contribution >= 0.6 is 0 Å². The highest BCUT2D eigenvalue weighted by atomic mass is 16.2. The van der Waals surface area contributed by atoms with Crippen molar-refractivity contribution >= 4 is 12.2 Å². The van der Waals surface area contributed by atoms with Crippen molar-refractivity contribution in [3.05, 3.63) is 35.4 Å². The van der Waals surface area contributed by atoms with Crippen LogP contribution in [0.15, 0.2) is 24.3 Å². The zero-order chi connectivity index (χ0) is 11.4. The van der Waals surface area contributed by atoms with Gasteiger partial charge in [-0.25, -0.2) is 0 Å². The number of carbonyl (C=O) groups is 2. The van der Waals surface area contributed by atoms with Crippen LogP contribution < -0.4 is 0 Å². The molecule has 1 heterocycles. The van der Waals surface area contributed by atoms with E-state index in [0.717, 1.165) is 37.8 Å². The minimum atomic E-state index is 0.0882. The molecule has 1 aliphatic heterocycles. The van der Waals surface area contributed by atoms with Crippen molar-refractivity contribution in [3.63, 3.8) is 0 Å². The fourth-order valence-electron chi connectivity index (χ4n) is 2.03.